The lowest BCUT2D eigenvalue weighted by atomic mass is 10.2. The molecule has 22 heavy (non-hydrogen) atoms. The Bertz CT molecular complexity index is 607. The third-order valence-electron chi connectivity index (χ3n) is 2.84. The maximum atomic E-state index is 12.9. The first-order valence-corrected chi connectivity index (χ1v) is 6.89. The number of benzene rings is 1. The van der Waals surface area contributed by atoms with Gasteiger partial charge in [0.1, 0.15) is 5.82 Å². The largest absolute Gasteiger partial charge is 0.370 e. The Hall–Kier alpha value is -1.64. The molecule has 0 radical (unpaired) electrons. The van der Waals surface area contributed by atoms with Gasteiger partial charge in [-0.2, -0.15) is 5.10 Å². The number of aliphatic imine (C=N–C) groups is 1. The molecule has 120 valence electrons. The first kappa shape index (κ1) is 18.4. The highest BCUT2D eigenvalue weighted by molar-refractivity contribution is 14.0. The number of nitrogens with zero attached hydrogens (tertiary/aromatic N) is 3. The normalized spacial score (nSPS) is 11.4. The van der Waals surface area contributed by atoms with E-state index in [4.69, 9.17) is 5.73 Å². The number of hydrogen-bond acceptors (Lipinski definition) is 2. The van der Waals surface area contributed by atoms with Crippen LogP contribution in [0.15, 0.2) is 41.5 Å². The topological polar surface area (TPSA) is 68.2 Å². The standard InChI is InChI=1S/C15H20FN5.HI/c1-11(2)9-18-15(17)19-10-13-7-8-21(20-13)14-5-3-12(16)4-6-14;/h3-8,11H,9-10H2,1-2H3,(H3,17,18,19);1H. The van der Waals surface area contributed by atoms with Gasteiger partial charge in [-0.25, -0.2) is 14.1 Å². The van der Waals surface area contributed by atoms with Gasteiger partial charge in [-0.15, -0.1) is 24.0 Å². The summed E-state index contributed by atoms with van der Waals surface area (Å²) in [6, 6.07) is 8.02. The molecule has 0 bridgehead atoms. The SMILES string of the molecule is CC(C)CNC(N)=NCc1ccn(-c2ccc(F)cc2)n1.I. The van der Waals surface area contributed by atoms with Crippen molar-refractivity contribution < 1.29 is 4.39 Å². The first-order chi connectivity index (χ1) is 10.0. The molecule has 5 nitrogen and oxygen atoms in total. The minimum atomic E-state index is -0.264. The van der Waals surface area contributed by atoms with Gasteiger partial charge in [0.05, 0.1) is 17.9 Å². The van der Waals surface area contributed by atoms with Crippen molar-refractivity contribution in [1.82, 2.24) is 15.1 Å². The van der Waals surface area contributed by atoms with E-state index in [9.17, 15) is 4.39 Å². The van der Waals surface area contributed by atoms with Gasteiger partial charge in [0.2, 0.25) is 0 Å². The molecule has 2 aromatic rings. The van der Waals surface area contributed by atoms with Crippen molar-refractivity contribution in [2.24, 2.45) is 16.6 Å². The molecule has 1 heterocycles. The average molecular weight is 417 g/mol. The Balaban J connectivity index is 0.00000242. The molecular weight excluding hydrogens is 396 g/mol. The van der Waals surface area contributed by atoms with Crippen LogP contribution in [-0.2, 0) is 6.54 Å². The molecule has 0 aliphatic rings. The zero-order chi connectivity index (χ0) is 15.2. The van der Waals surface area contributed by atoms with Crippen molar-refractivity contribution in [3.63, 3.8) is 0 Å². The van der Waals surface area contributed by atoms with Crippen LogP contribution in [0.5, 0.6) is 0 Å². The second-order valence-electron chi connectivity index (χ2n) is 5.20. The molecule has 0 amide bonds. The molecule has 0 spiro atoms. The third kappa shape index (κ3) is 5.63. The summed E-state index contributed by atoms with van der Waals surface area (Å²) in [6.45, 7) is 5.40. The number of nitrogens with one attached hydrogen (secondary N) is 1. The van der Waals surface area contributed by atoms with E-state index in [-0.39, 0.29) is 29.8 Å². The summed E-state index contributed by atoms with van der Waals surface area (Å²) >= 11 is 0. The first-order valence-electron chi connectivity index (χ1n) is 6.89. The molecule has 0 fully saturated rings. The van der Waals surface area contributed by atoms with Crippen LogP contribution < -0.4 is 11.1 Å². The highest BCUT2D eigenvalue weighted by atomic mass is 127. The van der Waals surface area contributed by atoms with Crippen LogP contribution in [0.4, 0.5) is 4.39 Å². The molecule has 7 heteroatoms. The number of guanidine groups is 1. The summed E-state index contributed by atoms with van der Waals surface area (Å²) in [5, 5.41) is 7.43. The van der Waals surface area contributed by atoms with Crippen LogP contribution in [0, 0.1) is 11.7 Å². The fourth-order valence-electron chi connectivity index (χ4n) is 1.71. The highest BCUT2D eigenvalue weighted by Crippen LogP contribution is 2.09. The van der Waals surface area contributed by atoms with Crippen molar-refractivity contribution >= 4 is 29.9 Å². The Kier molecular flexibility index (Phi) is 7.30. The van der Waals surface area contributed by atoms with Crippen LogP contribution in [0.1, 0.15) is 19.5 Å². The second kappa shape index (κ2) is 8.72. The molecule has 0 saturated carbocycles. The van der Waals surface area contributed by atoms with Crippen LogP contribution in [0.2, 0.25) is 0 Å². The van der Waals surface area contributed by atoms with Gasteiger partial charge < -0.3 is 11.1 Å². The third-order valence-corrected chi connectivity index (χ3v) is 2.84. The van der Waals surface area contributed by atoms with Crippen molar-refractivity contribution in [2.45, 2.75) is 20.4 Å². The molecule has 1 aromatic heterocycles. The summed E-state index contributed by atoms with van der Waals surface area (Å²) in [5.74, 6) is 0.663. The van der Waals surface area contributed by atoms with Crippen LogP contribution in [0.3, 0.4) is 0 Å². The van der Waals surface area contributed by atoms with E-state index in [1.165, 1.54) is 12.1 Å². The summed E-state index contributed by atoms with van der Waals surface area (Å²) < 4.78 is 14.6. The number of halogens is 2. The molecule has 0 atom stereocenters. The zero-order valence-electron chi connectivity index (χ0n) is 12.7. The zero-order valence-corrected chi connectivity index (χ0v) is 15.0. The minimum Gasteiger partial charge on any atom is -0.370 e. The van der Waals surface area contributed by atoms with E-state index in [1.807, 2.05) is 12.3 Å². The summed E-state index contributed by atoms with van der Waals surface area (Å²) in [6.07, 6.45) is 1.82. The summed E-state index contributed by atoms with van der Waals surface area (Å²) in [4.78, 5) is 4.23. The van der Waals surface area contributed by atoms with Crippen molar-refractivity contribution in [2.75, 3.05) is 6.54 Å². The van der Waals surface area contributed by atoms with Gasteiger partial charge in [-0.05, 0) is 36.2 Å². The van der Waals surface area contributed by atoms with Crippen LogP contribution in [-0.4, -0.2) is 22.3 Å². The van der Waals surface area contributed by atoms with Gasteiger partial charge in [0.15, 0.2) is 5.96 Å². The molecule has 0 unspecified atom stereocenters. The van der Waals surface area contributed by atoms with Crippen molar-refractivity contribution in [1.29, 1.82) is 0 Å². The Morgan fingerprint density at radius 2 is 2.00 bits per heavy atom. The Labute approximate surface area is 146 Å². The quantitative estimate of drug-likeness (QED) is 0.447. The van der Waals surface area contributed by atoms with Crippen molar-refractivity contribution in [3.05, 3.63) is 48.0 Å². The van der Waals surface area contributed by atoms with Crippen LogP contribution >= 0.6 is 24.0 Å². The average Bonchev–Trinajstić information content (AvgIpc) is 2.92. The maximum absolute atomic E-state index is 12.9. The predicted molar refractivity (Wildman–Crippen MR) is 97.1 cm³/mol. The lowest BCUT2D eigenvalue weighted by molar-refractivity contribution is 0.621. The second-order valence-corrected chi connectivity index (χ2v) is 5.20. The molecule has 2 rings (SSSR count). The minimum absolute atomic E-state index is 0. The van der Waals surface area contributed by atoms with Crippen molar-refractivity contribution in [3.8, 4) is 5.69 Å². The Morgan fingerprint density at radius 3 is 2.64 bits per heavy atom. The van der Waals surface area contributed by atoms with Gasteiger partial charge >= 0.3 is 0 Å². The monoisotopic (exact) mass is 417 g/mol. The predicted octanol–water partition coefficient (Wildman–Crippen LogP) is 2.69. The fourth-order valence-corrected chi connectivity index (χ4v) is 1.71. The maximum Gasteiger partial charge on any atom is 0.188 e. The molecule has 3 N–H and O–H groups in total. The number of nitrogens with two attached hydrogens (primary N) is 1. The number of rotatable bonds is 5. The lowest BCUT2D eigenvalue weighted by Gasteiger charge is -2.07. The van der Waals surface area contributed by atoms with E-state index in [2.05, 4.69) is 29.3 Å². The molecule has 0 aliphatic heterocycles. The summed E-state index contributed by atoms with van der Waals surface area (Å²) in [7, 11) is 0. The van der Waals surface area contributed by atoms with E-state index >= 15 is 0 Å². The van der Waals surface area contributed by atoms with Gasteiger partial charge in [0.25, 0.3) is 0 Å². The fraction of sp³-hybridized carbons (Fsp3) is 0.333. The van der Waals surface area contributed by atoms with E-state index in [1.54, 1.807) is 16.8 Å². The van der Waals surface area contributed by atoms with E-state index in [0.717, 1.165) is 17.9 Å². The van der Waals surface area contributed by atoms with Gasteiger partial charge in [-0.1, -0.05) is 13.8 Å². The van der Waals surface area contributed by atoms with Crippen LogP contribution in [0.25, 0.3) is 5.69 Å². The van der Waals surface area contributed by atoms with Gasteiger partial charge in [0, 0.05) is 12.7 Å². The summed E-state index contributed by atoms with van der Waals surface area (Å²) in [5.41, 5.74) is 7.37. The molecular formula is C15H21FIN5. The van der Waals surface area contributed by atoms with E-state index in [0.29, 0.717) is 18.4 Å². The Morgan fingerprint density at radius 1 is 1.32 bits per heavy atom. The highest BCUT2D eigenvalue weighted by Gasteiger charge is 2.02. The molecule has 0 aliphatic carbocycles. The number of aromatic nitrogens is 2. The number of hydrogen-bond donors (Lipinski definition) is 2. The van der Waals surface area contributed by atoms with Gasteiger partial charge in [-0.3, -0.25) is 0 Å². The molecule has 1 aromatic carbocycles. The van der Waals surface area contributed by atoms with E-state index < -0.39 is 0 Å². The smallest absolute Gasteiger partial charge is 0.188 e. The lowest BCUT2D eigenvalue weighted by Crippen LogP contribution is -2.34. The molecule has 0 saturated heterocycles.